The minimum Gasteiger partial charge on any atom is -0.334 e. The van der Waals surface area contributed by atoms with Gasteiger partial charge < -0.3 is 4.90 Å². The predicted molar refractivity (Wildman–Crippen MR) is 118 cm³/mol. The molecule has 0 aliphatic carbocycles. The first kappa shape index (κ1) is 20.3. The molecule has 2 heterocycles. The highest BCUT2D eigenvalue weighted by Crippen LogP contribution is 2.30. The predicted octanol–water partition coefficient (Wildman–Crippen LogP) is 4.65. The monoisotopic (exact) mass is 438 g/mol. The van der Waals surface area contributed by atoms with Gasteiger partial charge in [-0.15, -0.1) is 11.3 Å². The largest absolute Gasteiger partial charge is 0.334 e. The van der Waals surface area contributed by atoms with Crippen LogP contribution in [0.5, 0.6) is 0 Å². The Bertz CT molecular complexity index is 1130. The molecule has 0 spiro atoms. The Morgan fingerprint density at radius 3 is 2.67 bits per heavy atom. The van der Waals surface area contributed by atoms with Crippen LogP contribution in [0.3, 0.4) is 0 Å². The summed E-state index contributed by atoms with van der Waals surface area (Å²) >= 11 is 7.97. The van der Waals surface area contributed by atoms with Crippen molar-refractivity contribution in [3.05, 3.63) is 92.1 Å². The molecule has 1 aliphatic rings. The molecule has 4 rings (SSSR count). The fraction of sp³-hybridized carbons (Fsp3) is 0.130. The average Bonchev–Trinajstić information content (AvgIpc) is 3.29. The molecule has 5 nitrogen and oxygen atoms in total. The van der Waals surface area contributed by atoms with Gasteiger partial charge in [-0.05, 0) is 53.3 Å². The molecule has 0 radical (unpaired) electrons. The number of carbonyl (C=O) groups excluding carboxylic acids is 2. The number of thiophene rings is 1. The summed E-state index contributed by atoms with van der Waals surface area (Å²) in [5.74, 6) is -0.685. The van der Waals surface area contributed by atoms with E-state index >= 15 is 0 Å². The second kappa shape index (κ2) is 8.83. The molecule has 0 saturated carbocycles. The smallest absolute Gasteiger partial charge is 0.274 e. The van der Waals surface area contributed by atoms with Gasteiger partial charge in [-0.3, -0.25) is 14.8 Å². The third kappa shape index (κ3) is 4.16. The molecule has 2 amide bonds. The molecule has 0 saturated heterocycles. The molecule has 0 atom stereocenters. The van der Waals surface area contributed by atoms with E-state index in [0.29, 0.717) is 41.2 Å². The summed E-state index contributed by atoms with van der Waals surface area (Å²) in [5, 5.41) is 11.4. The van der Waals surface area contributed by atoms with Gasteiger partial charge in [0.2, 0.25) is 0 Å². The zero-order valence-corrected chi connectivity index (χ0v) is 17.5. The number of carbonyl (C=O) groups is 2. The molecular weight excluding hydrogens is 420 g/mol. The van der Waals surface area contributed by atoms with E-state index in [2.05, 4.69) is 0 Å². The number of hydrogen-bond donors (Lipinski definition) is 2. The Morgan fingerprint density at radius 1 is 1.10 bits per heavy atom. The quantitative estimate of drug-likeness (QED) is 0.354. The average molecular weight is 439 g/mol. The standard InChI is InChI=1S/C23H19ClN2O3S/c24-21-6-2-1-5-19(21)20(13-18-4-3-11-30-18)23(28)26-10-9-15-7-8-16(22(27)25-29)12-17(15)14-26/h1-8,11-13,29H,9-10,14H2,(H,25,27)/b20-13+. The van der Waals surface area contributed by atoms with Crippen molar-refractivity contribution < 1.29 is 14.8 Å². The number of fused-ring (bicyclic) bond motifs is 1. The summed E-state index contributed by atoms with van der Waals surface area (Å²) in [7, 11) is 0. The van der Waals surface area contributed by atoms with Crippen LogP contribution in [0.1, 0.15) is 31.9 Å². The summed E-state index contributed by atoms with van der Waals surface area (Å²) in [6.45, 7) is 0.955. The van der Waals surface area contributed by atoms with Crippen LogP contribution in [0.4, 0.5) is 0 Å². The van der Waals surface area contributed by atoms with Gasteiger partial charge in [-0.1, -0.05) is 41.9 Å². The summed E-state index contributed by atoms with van der Waals surface area (Å²) in [6.07, 6.45) is 2.57. The van der Waals surface area contributed by atoms with Crippen LogP contribution in [0.25, 0.3) is 11.6 Å². The van der Waals surface area contributed by atoms with E-state index in [1.54, 1.807) is 39.9 Å². The molecule has 1 aromatic heterocycles. The second-order valence-electron chi connectivity index (χ2n) is 6.95. The number of rotatable bonds is 4. The third-order valence-electron chi connectivity index (χ3n) is 5.09. The molecule has 3 aromatic rings. The molecule has 1 aliphatic heterocycles. The maximum absolute atomic E-state index is 13.5. The highest BCUT2D eigenvalue weighted by molar-refractivity contribution is 7.11. The van der Waals surface area contributed by atoms with Crippen LogP contribution in [0, 0.1) is 0 Å². The second-order valence-corrected chi connectivity index (χ2v) is 8.34. The number of nitrogens with zero attached hydrogens (tertiary/aromatic N) is 1. The molecule has 152 valence electrons. The Hall–Kier alpha value is -2.93. The minimum atomic E-state index is -0.574. The highest BCUT2D eigenvalue weighted by atomic mass is 35.5. The van der Waals surface area contributed by atoms with E-state index < -0.39 is 5.91 Å². The topological polar surface area (TPSA) is 69.6 Å². The van der Waals surface area contributed by atoms with Gasteiger partial charge in [-0.2, -0.15) is 0 Å². The summed E-state index contributed by atoms with van der Waals surface area (Å²) in [4.78, 5) is 28.0. The van der Waals surface area contributed by atoms with Crippen LogP contribution in [-0.4, -0.2) is 28.5 Å². The van der Waals surface area contributed by atoms with E-state index in [1.165, 1.54) is 0 Å². The Balaban J connectivity index is 1.68. The van der Waals surface area contributed by atoms with Gasteiger partial charge in [0.15, 0.2) is 0 Å². The van der Waals surface area contributed by atoms with Crippen molar-refractivity contribution in [2.24, 2.45) is 0 Å². The third-order valence-corrected chi connectivity index (χ3v) is 6.24. The van der Waals surface area contributed by atoms with E-state index in [4.69, 9.17) is 16.8 Å². The van der Waals surface area contributed by atoms with E-state index in [1.807, 2.05) is 47.9 Å². The van der Waals surface area contributed by atoms with Crippen LogP contribution >= 0.6 is 22.9 Å². The first-order valence-corrected chi connectivity index (χ1v) is 10.7. The number of benzene rings is 2. The number of halogens is 1. The summed E-state index contributed by atoms with van der Waals surface area (Å²) in [5.41, 5.74) is 5.22. The zero-order chi connectivity index (χ0) is 21.1. The van der Waals surface area contributed by atoms with Gasteiger partial charge in [0.25, 0.3) is 11.8 Å². The maximum Gasteiger partial charge on any atom is 0.274 e. The van der Waals surface area contributed by atoms with Gasteiger partial charge in [0.05, 0.1) is 0 Å². The molecule has 0 unspecified atom stereocenters. The molecule has 2 aromatic carbocycles. The Labute approximate surface area is 183 Å². The lowest BCUT2D eigenvalue weighted by Crippen LogP contribution is -2.36. The first-order valence-electron chi connectivity index (χ1n) is 9.42. The van der Waals surface area contributed by atoms with Gasteiger partial charge >= 0.3 is 0 Å². The van der Waals surface area contributed by atoms with E-state index in [0.717, 1.165) is 16.0 Å². The lowest BCUT2D eigenvalue weighted by molar-refractivity contribution is -0.125. The van der Waals surface area contributed by atoms with E-state index in [-0.39, 0.29) is 5.91 Å². The van der Waals surface area contributed by atoms with Crippen LogP contribution in [-0.2, 0) is 17.8 Å². The van der Waals surface area contributed by atoms with E-state index in [9.17, 15) is 9.59 Å². The molecular formula is C23H19ClN2O3S. The molecule has 7 heteroatoms. The lowest BCUT2D eigenvalue weighted by Gasteiger charge is -2.30. The van der Waals surface area contributed by atoms with Crippen LogP contribution in [0.15, 0.2) is 60.0 Å². The van der Waals surface area contributed by atoms with Crippen LogP contribution < -0.4 is 5.48 Å². The van der Waals surface area contributed by atoms with Gasteiger partial charge in [-0.25, -0.2) is 5.48 Å². The first-order chi connectivity index (χ1) is 14.6. The van der Waals surface area contributed by atoms with Crippen molar-refractivity contribution in [3.8, 4) is 0 Å². The molecule has 30 heavy (non-hydrogen) atoms. The molecule has 0 bridgehead atoms. The Kier molecular flexibility index (Phi) is 5.99. The SMILES string of the molecule is O=C(NO)c1ccc2c(c1)CN(C(=O)/C(=C/c1cccs1)c1ccccc1Cl)CC2. The maximum atomic E-state index is 13.5. The van der Waals surface area contributed by atoms with Crippen molar-refractivity contribution in [1.82, 2.24) is 10.4 Å². The number of amides is 2. The number of hydroxylamine groups is 1. The molecule has 0 fully saturated rings. The van der Waals surface area contributed by atoms with Crippen molar-refractivity contribution in [1.29, 1.82) is 0 Å². The fourth-order valence-electron chi connectivity index (χ4n) is 3.56. The normalized spacial score (nSPS) is 13.7. The number of hydrogen-bond acceptors (Lipinski definition) is 4. The van der Waals surface area contributed by atoms with Gasteiger partial charge in [0, 0.05) is 39.7 Å². The molecule has 2 N–H and O–H groups in total. The van der Waals surface area contributed by atoms with Crippen molar-refractivity contribution in [3.63, 3.8) is 0 Å². The van der Waals surface area contributed by atoms with Crippen molar-refractivity contribution in [2.75, 3.05) is 6.54 Å². The highest BCUT2D eigenvalue weighted by Gasteiger charge is 2.26. The Morgan fingerprint density at radius 2 is 1.93 bits per heavy atom. The fourth-order valence-corrected chi connectivity index (χ4v) is 4.45. The zero-order valence-electron chi connectivity index (χ0n) is 16.0. The van der Waals surface area contributed by atoms with Crippen molar-refractivity contribution >= 4 is 46.4 Å². The minimum absolute atomic E-state index is 0.112. The summed E-state index contributed by atoms with van der Waals surface area (Å²) in [6, 6.07) is 16.5. The van der Waals surface area contributed by atoms with Crippen molar-refractivity contribution in [2.45, 2.75) is 13.0 Å². The lowest BCUT2D eigenvalue weighted by atomic mass is 9.95. The summed E-state index contributed by atoms with van der Waals surface area (Å²) < 4.78 is 0. The number of nitrogens with one attached hydrogen (secondary N) is 1. The van der Waals surface area contributed by atoms with Gasteiger partial charge in [0.1, 0.15) is 0 Å². The van der Waals surface area contributed by atoms with Crippen LogP contribution in [0.2, 0.25) is 5.02 Å².